The summed E-state index contributed by atoms with van der Waals surface area (Å²) in [6.07, 6.45) is 1.83. The third kappa shape index (κ3) is 5.22. The molecule has 2 N–H and O–H groups in total. The van der Waals surface area contributed by atoms with Crippen LogP contribution < -0.4 is 20.5 Å². The second kappa shape index (κ2) is 10.3. The molecule has 2 aromatic heterocycles. The van der Waals surface area contributed by atoms with Crippen molar-refractivity contribution in [1.82, 2.24) is 19.7 Å². The third-order valence-corrected chi connectivity index (χ3v) is 5.96. The third-order valence-electron chi connectivity index (χ3n) is 4.22. The quantitative estimate of drug-likeness (QED) is 0.457. The van der Waals surface area contributed by atoms with E-state index in [2.05, 4.69) is 27.4 Å². The van der Waals surface area contributed by atoms with Crippen LogP contribution in [0.15, 0.2) is 33.5 Å². The number of benzene rings is 1. The molecule has 9 nitrogen and oxygen atoms in total. The van der Waals surface area contributed by atoms with Crippen LogP contribution in [0.2, 0.25) is 0 Å². The lowest BCUT2D eigenvalue weighted by Gasteiger charge is -2.08. The van der Waals surface area contributed by atoms with Crippen molar-refractivity contribution in [3.8, 4) is 22.8 Å². The molecule has 0 bridgehead atoms. The molecule has 0 radical (unpaired) electrons. The highest BCUT2D eigenvalue weighted by atomic mass is 32.2. The van der Waals surface area contributed by atoms with Gasteiger partial charge in [0.05, 0.1) is 25.7 Å². The second-order valence-corrected chi connectivity index (χ2v) is 8.06. The molecule has 3 aromatic rings. The number of hydrogen-bond donors (Lipinski definition) is 2. The van der Waals surface area contributed by atoms with Gasteiger partial charge in [0.2, 0.25) is 5.91 Å². The number of carbonyl (C=O) groups is 1. The number of H-pyrrole nitrogens is 1. The van der Waals surface area contributed by atoms with E-state index < -0.39 is 0 Å². The molecule has 0 aliphatic heterocycles. The number of nitrogens with one attached hydrogen (secondary N) is 2. The Hall–Kier alpha value is -2.79. The summed E-state index contributed by atoms with van der Waals surface area (Å²) >= 11 is 2.53. The van der Waals surface area contributed by atoms with Crippen molar-refractivity contribution in [3.05, 3.63) is 34.1 Å². The smallest absolute Gasteiger partial charge is 0.343 e. The van der Waals surface area contributed by atoms with Gasteiger partial charge >= 0.3 is 5.69 Å². The van der Waals surface area contributed by atoms with E-state index in [0.29, 0.717) is 34.0 Å². The summed E-state index contributed by atoms with van der Waals surface area (Å²) in [5.74, 6) is 1.25. The first-order valence-electron chi connectivity index (χ1n) is 9.31. The van der Waals surface area contributed by atoms with Gasteiger partial charge in [-0.15, -0.1) is 16.4 Å². The van der Waals surface area contributed by atoms with Gasteiger partial charge in [-0.1, -0.05) is 25.1 Å². The summed E-state index contributed by atoms with van der Waals surface area (Å²) in [6, 6.07) is 5.45. The number of nitrogens with zero attached hydrogens (tertiary/aromatic N) is 3. The van der Waals surface area contributed by atoms with Gasteiger partial charge in [0.1, 0.15) is 11.5 Å². The summed E-state index contributed by atoms with van der Waals surface area (Å²) in [5.41, 5.74) is 1.20. The van der Waals surface area contributed by atoms with Crippen LogP contribution in [0.3, 0.4) is 0 Å². The lowest BCUT2D eigenvalue weighted by molar-refractivity contribution is -0.113. The first kappa shape index (κ1) is 21.9. The minimum Gasteiger partial charge on any atom is -0.497 e. The Morgan fingerprint density at radius 2 is 2.17 bits per heavy atom. The van der Waals surface area contributed by atoms with E-state index in [1.807, 2.05) is 23.6 Å². The minimum absolute atomic E-state index is 0.119. The minimum atomic E-state index is -0.261. The maximum absolute atomic E-state index is 12.4. The molecule has 2 heterocycles. The maximum atomic E-state index is 12.4. The number of methoxy groups -OCH3 is 2. The van der Waals surface area contributed by atoms with Crippen LogP contribution in [0, 0.1) is 0 Å². The number of unbranched alkanes of at least 4 members (excludes halogenated alkanes) is 1. The highest BCUT2D eigenvalue weighted by Gasteiger charge is 2.15. The number of thioether (sulfide) groups is 1. The molecule has 0 aliphatic carbocycles. The molecular weight excluding hydrogens is 426 g/mol. The van der Waals surface area contributed by atoms with Crippen molar-refractivity contribution < 1.29 is 14.3 Å². The largest absolute Gasteiger partial charge is 0.497 e. The first-order chi connectivity index (χ1) is 14.5. The Labute approximate surface area is 181 Å². The monoisotopic (exact) mass is 449 g/mol. The summed E-state index contributed by atoms with van der Waals surface area (Å²) in [5, 5.41) is 12.0. The number of rotatable bonds is 10. The molecule has 0 aliphatic rings. The number of amides is 1. The number of carbonyl (C=O) groups excluding carboxylic acids is 1. The van der Waals surface area contributed by atoms with Crippen molar-refractivity contribution >= 4 is 34.1 Å². The van der Waals surface area contributed by atoms with Crippen LogP contribution in [-0.2, 0) is 11.3 Å². The van der Waals surface area contributed by atoms with E-state index in [4.69, 9.17) is 9.47 Å². The van der Waals surface area contributed by atoms with E-state index in [1.54, 1.807) is 18.8 Å². The van der Waals surface area contributed by atoms with Gasteiger partial charge in [0, 0.05) is 17.5 Å². The summed E-state index contributed by atoms with van der Waals surface area (Å²) < 4.78 is 12.2. The molecule has 1 aromatic carbocycles. The molecular formula is C19H23N5O4S2. The van der Waals surface area contributed by atoms with Gasteiger partial charge in [0.15, 0.2) is 10.3 Å². The predicted molar refractivity (Wildman–Crippen MR) is 118 cm³/mol. The molecule has 0 atom stereocenters. The summed E-state index contributed by atoms with van der Waals surface area (Å²) in [6.45, 7) is 2.63. The van der Waals surface area contributed by atoms with Gasteiger partial charge in [-0.25, -0.2) is 14.9 Å². The molecule has 30 heavy (non-hydrogen) atoms. The highest BCUT2D eigenvalue weighted by Crippen LogP contribution is 2.35. The first-order valence-corrected chi connectivity index (χ1v) is 11.2. The van der Waals surface area contributed by atoms with Crippen LogP contribution in [0.5, 0.6) is 11.5 Å². The van der Waals surface area contributed by atoms with Gasteiger partial charge in [-0.3, -0.25) is 9.36 Å². The number of aromatic amines is 1. The van der Waals surface area contributed by atoms with Gasteiger partial charge in [0.25, 0.3) is 0 Å². The van der Waals surface area contributed by atoms with Crippen molar-refractivity contribution in [1.29, 1.82) is 0 Å². The van der Waals surface area contributed by atoms with Crippen molar-refractivity contribution in [3.63, 3.8) is 0 Å². The fraction of sp³-hybridized carbons (Fsp3) is 0.368. The molecule has 0 spiro atoms. The van der Waals surface area contributed by atoms with E-state index in [9.17, 15) is 9.59 Å². The molecule has 11 heteroatoms. The van der Waals surface area contributed by atoms with Crippen molar-refractivity contribution in [2.75, 3.05) is 25.3 Å². The highest BCUT2D eigenvalue weighted by molar-refractivity contribution is 7.99. The Morgan fingerprint density at radius 1 is 1.33 bits per heavy atom. The summed E-state index contributed by atoms with van der Waals surface area (Å²) in [4.78, 5) is 28.7. The molecule has 0 fully saturated rings. The van der Waals surface area contributed by atoms with Crippen LogP contribution in [-0.4, -0.2) is 45.6 Å². The number of aromatic nitrogens is 4. The Balaban J connectivity index is 1.64. The predicted octanol–water partition coefficient (Wildman–Crippen LogP) is 3.24. The normalized spacial score (nSPS) is 10.8. The number of thiazole rings is 1. The van der Waals surface area contributed by atoms with E-state index in [1.165, 1.54) is 23.1 Å². The SMILES string of the molecule is CCCCn1c(SCC(=O)Nc2nc(-c3cc(OC)ccc3OC)cs2)n[nH]c1=O. The molecule has 0 saturated heterocycles. The standard InChI is InChI=1S/C19H23N5O4S2/c1-4-5-8-24-18(26)22-23-19(24)30-11-16(25)21-17-20-14(10-29-17)13-9-12(27-2)6-7-15(13)28-3/h6-7,9-10H,4-5,8,11H2,1-3H3,(H,22,26)(H,20,21,25). The topological polar surface area (TPSA) is 111 Å². The van der Waals surface area contributed by atoms with E-state index in [-0.39, 0.29) is 17.3 Å². The number of anilines is 1. The number of ether oxygens (including phenoxy) is 2. The van der Waals surface area contributed by atoms with Crippen molar-refractivity contribution in [2.24, 2.45) is 0 Å². The number of hydrogen-bond acceptors (Lipinski definition) is 8. The Bertz CT molecular complexity index is 1060. The second-order valence-electron chi connectivity index (χ2n) is 6.26. The van der Waals surface area contributed by atoms with Crippen LogP contribution in [0.1, 0.15) is 19.8 Å². The average molecular weight is 450 g/mol. The average Bonchev–Trinajstić information content (AvgIpc) is 3.36. The van der Waals surface area contributed by atoms with Crippen LogP contribution in [0.4, 0.5) is 5.13 Å². The molecule has 3 rings (SSSR count). The van der Waals surface area contributed by atoms with Gasteiger partial charge in [-0.05, 0) is 24.6 Å². The van der Waals surface area contributed by atoms with Crippen molar-refractivity contribution in [2.45, 2.75) is 31.5 Å². The molecule has 0 saturated carbocycles. The Morgan fingerprint density at radius 3 is 2.90 bits per heavy atom. The van der Waals surface area contributed by atoms with Crippen LogP contribution in [0.25, 0.3) is 11.3 Å². The maximum Gasteiger partial charge on any atom is 0.343 e. The molecule has 0 unspecified atom stereocenters. The van der Waals surface area contributed by atoms with E-state index in [0.717, 1.165) is 18.4 Å². The molecule has 160 valence electrons. The van der Waals surface area contributed by atoms with Crippen LogP contribution >= 0.6 is 23.1 Å². The zero-order valence-electron chi connectivity index (χ0n) is 16.9. The van der Waals surface area contributed by atoms with E-state index >= 15 is 0 Å². The summed E-state index contributed by atoms with van der Waals surface area (Å²) in [7, 11) is 3.18. The zero-order valence-corrected chi connectivity index (χ0v) is 18.6. The fourth-order valence-corrected chi connectivity index (χ4v) is 4.18. The zero-order chi connectivity index (χ0) is 21.5. The Kier molecular flexibility index (Phi) is 7.52. The molecule has 1 amide bonds. The van der Waals surface area contributed by atoms with Gasteiger partial charge in [-0.2, -0.15) is 0 Å². The van der Waals surface area contributed by atoms with Gasteiger partial charge < -0.3 is 14.8 Å². The fourth-order valence-electron chi connectivity index (χ4n) is 2.68. The lowest BCUT2D eigenvalue weighted by Crippen LogP contribution is -2.19. The lowest BCUT2D eigenvalue weighted by atomic mass is 10.1.